The van der Waals surface area contributed by atoms with Crippen LogP contribution in [0.2, 0.25) is 0 Å². The van der Waals surface area contributed by atoms with E-state index in [4.69, 9.17) is 4.98 Å². The van der Waals surface area contributed by atoms with Crippen LogP contribution in [0.15, 0.2) is 23.7 Å². The summed E-state index contributed by atoms with van der Waals surface area (Å²) in [6.07, 6.45) is 4.36. The zero-order valence-electron chi connectivity index (χ0n) is 10.7. The summed E-state index contributed by atoms with van der Waals surface area (Å²) in [6, 6.07) is 4.44. The van der Waals surface area contributed by atoms with Gasteiger partial charge in [-0.2, -0.15) is 0 Å². The summed E-state index contributed by atoms with van der Waals surface area (Å²) in [7, 11) is 0. The van der Waals surface area contributed by atoms with Gasteiger partial charge in [-0.3, -0.25) is 0 Å². The molecule has 1 fully saturated rings. The Labute approximate surface area is 111 Å². The third kappa shape index (κ3) is 1.28. The van der Waals surface area contributed by atoms with E-state index in [1.807, 2.05) is 11.6 Å². The van der Waals surface area contributed by atoms with E-state index >= 15 is 0 Å². The van der Waals surface area contributed by atoms with Crippen molar-refractivity contribution in [3.05, 3.63) is 35.0 Å². The number of pyridine rings is 1. The van der Waals surface area contributed by atoms with Gasteiger partial charge in [0.2, 0.25) is 0 Å². The van der Waals surface area contributed by atoms with Gasteiger partial charge in [0.25, 0.3) is 0 Å². The molecule has 2 heterocycles. The van der Waals surface area contributed by atoms with Crippen LogP contribution < -0.4 is 0 Å². The summed E-state index contributed by atoms with van der Waals surface area (Å²) < 4.78 is 0. The van der Waals surface area contributed by atoms with Crippen LogP contribution in [0.4, 0.5) is 0 Å². The highest BCUT2D eigenvalue weighted by atomic mass is 32.1. The van der Waals surface area contributed by atoms with E-state index in [9.17, 15) is 0 Å². The number of hydrogen-bond acceptors (Lipinski definition) is 3. The fourth-order valence-corrected chi connectivity index (χ4v) is 4.19. The van der Waals surface area contributed by atoms with E-state index in [0.717, 1.165) is 29.0 Å². The second-order valence-corrected chi connectivity index (χ2v) is 6.97. The Morgan fingerprint density at radius 2 is 2.22 bits per heavy atom. The van der Waals surface area contributed by atoms with Crippen LogP contribution in [0.25, 0.3) is 10.7 Å². The number of rotatable bonds is 1. The highest BCUT2D eigenvalue weighted by Crippen LogP contribution is 2.61. The normalized spacial score (nSPS) is 27.4. The van der Waals surface area contributed by atoms with Gasteiger partial charge in [0, 0.05) is 17.3 Å². The van der Waals surface area contributed by atoms with Crippen LogP contribution in [-0.4, -0.2) is 9.97 Å². The molecule has 3 aliphatic carbocycles. The molecular formula is C15H16N2S. The molecule has 2 atom stereocenters. The van der Waals surface area contributed by atoms with Crippen molar-refractivity contribution in [2.75, 3.05) is 0 Å². The van der Waals surface area contributed by atoms with Crippen LogP contribution in [0, 0.1) is 11.3 Å². The fraction of sp³-hybridized carbons (Fsp3) is 0.467. The lowest BCUT2D eigenvalue weighted by Gasteiger charge is -2.56. The number of hydrogen-bond donors (Lipinski definition) is 0. The van der Waals surface area contributed by atoms with Crippen molar-refractivity contribution in [1.82, 2.24) is 9.97 Å². The minimum absolute atomic E-state index is 0.484. The van der Waals surface area contributed by atoms with Crippen LogP contribution in [-0.2, 0) is 6.42 Å². The topological polar surface area (TPSA) is 25.8 Å². The first kappa shape index (κ1) is 10.7. The summed E-state index contributed by atoms with van der Waals surface area (Å²) in [5.74, 6) is 1.55. The maximum absolute atomic E-state index is 4.85. The highest BCUT2D eigenvalue weighted by Gasteiger charge is 2.52. The minimum atomic E-state index is 0.484. The van der Waals surface area contributed by atoms with Gasteiger partial charge in [-0.05, 0) is 41.7 Å². The molecule has 92 valence electrons. The first-order valence-electron chi connectivity index (χ1n) is 6.56. The van der Waals surface area contributed by atoms with E-state index in [-0.39, 0.29) is 0 Å². The van der Waals surface area contributed by atoms with Gasteiger partial charge < -0.3 is 0 Å². The Kier molecular flexibility index (Phi) is 2.03. The molecule has 3 aliphatic rings. The molecule has 0 amide bonds. The van der Waals surface area contributed by atoms with Crippen LogP contribution >= 0.6 is 11.3 Å². The predicted octanol–water partition coefficient (Wildman–Crippen LogP) is 3.89. The summed E-state index contributed by atoms with van der Waals surface area (Å²) in [4.78, 5) is 9.20. The van der Waals surface area contributed by atoms with E-state index in [1.54, 1.807) is 11.3 Å². The third-order valence-electron chi connectivity index (χ3n) is 4.95. The average molecular weight is 256 g/mol. The molecule has 3 heteroatoms. The number of thiazole rings is 1. The van der Waals surface area contributed by atoms with Gasteiger partial charge in [-0.15, -0.1) is 11.3 Å². The maximum Gasteiger partial charge on any atom is 0.141 e. The van der Waals surface area contributed by atoms with Crippen molar-refractivity contribution < 1.29 is 0 Å². The second kappa shape index (κ2) is 3.41. The van der Waals surface area contributed by atoms with Gasteiger partial charge in [-0.1, -0.05) is 19.9 Å². The van der Waals surface area contributed by atoms with E-state index in [0.29, 0.717) is 5.41 Å². The lowest BCUT2D eigenvalue weighted by Crippen LogP contribution is -2.48. The maximum atomic E-state index is 4.85. The second-order valence-electron chi connectivity index (χ2n) is 6.08. The van der Waals surface area contributed by atoms with Crippen molar-refractivity contribution in [2.45, 2.75) is 32.6 Å². The average Bonchev–Trinajstić information content (AvgIpc) is 2.91. The molecule has 0 saturated heterocycles. The SMILES string of the molecule is CC1(C)[C@H]2Cc3nc(-c4nccs4)ccc3[C@@H]1C2. The smallest absolute Gasteiger partial charge is 0.141 e. The Hall–Kier alpha value is -1.22. The van der Waals surface area contributed by atoms with Crippen molar-refractivity contribution in [3.8, 4) is 10.7 Å². The standard InChI is InChI=1S/C15H16N2S/c1-15(2)9-7-11(15)10-3-4-12(17-13(10)8-9)14-16-5-6-18-14/h3-6,9,11H,7-8H2,1-2H3/t9-,11+/m1/s1. The van der Waals surface area contributed by atoms with E-state index in [2.05, 4.69) is 31.0 Å². The van der Waals surface area contributed by atoms with Gasteiger partial charge in [0.05, 0.1) is 5.69 Å². The Morgan fingerprint density at radius 3 is 2.94 bits per heavy atom. The molecule has 0 N–H and O–H groups in total. The predicted molar refractivity (Wildman–Crippen MR) is 73.7 cm³/mol. The molecule has 2 bridgehead atoms. The Morgan fingerprint density at radius 1 is 1.33 bits per heavy atom. The molecule has 2 aromatic heterocycles. The van der Waals surface area contributed by atoms with E-state index in [1.165, 1.54) is 17.7 Å². The molecule has 5 rings (SSSR count). The van der Waals surface area contributed by atoms with E-state index < -0.39 is 0 Å². The monoisotopic (exact) mass is 256 g/mol. The first-order valence-corrected chi connectivity index (χ1v) is 7.44. The summed E-state index contributed by atoms with van der Waals surface area (Å²) in [6.45, 7) is 4.81. The number of nitrogens with zero attached hydrogens (tertiary/aromatic N) is 2. The molecule has 18 heavy (non-hydrogen) atoms. The summed E-state index contributed by atoms with van der Waals surface area (Å²) in [5, 5.41) is 3.05. The molecule has 0 spiro atoms. The molecule has 2 nitrogen and oxygen atoms in total. The van der Waals surface area contributed by atoms with Crippen molar-refractivity contribution in [2.24, 2.45) is 11.3 Å². The van der Waals surface area contributed by atoms with Crippen LogP contribution in [0.5, 0.6) is 0 Å². The zero-order chi connectivity index (χ0) is 12.3. The van der Waals surface area contributed by atoms with Gasteiger partial charge in [0.1, 0.15) is 5.01 Å². The van der Waals surface area contributed by atoms with Gasteiger partial charge in [0.15, 0.2) is 0 Å². The number of aromatic nitrogens is 2. The molecule has 0 aromatic carbocycles. The first-order chi connectivity index (χ1) is 8.66. The third-order valence-corrected chi connectivity index (χ3v) is 5.74. The quantitative estimate of drug-likeness (QED) is 0.773. The summed E-state index contributed by atoms with van der Waals surface area (Å²) >= 11 is 1.66. The Balaban J connectivity index is 1.79. The van der Waals surface area contributed by atoms with Crippen molar-refractivity contribution in [3.63, 3.8) is 0 Å². The summed E-state index contributed by atoms with van der Waals surface area (Å²) in [5.41, 5.74) is 4.34. The lowest BCUT2D eigenvalue weighted by molar-refractivity contribution is 0.0170. The largest absolute Gasteiger partial charge is 0.250 e. The van der Waals surface area contributed by atoms with Gasteiger partial charge in [-0.25, -0.2) is 9.97 Å². The molecule has 0 unspecified atom stereocenters. The molecule has 2 aromatic rings. The van der Waals surface area contributed by atoms with Crippen molar-refractivity contribution in [1.29, 1.82) is 0 Å². The van der Waals surface area contributed by atoms with Crippen LogP contribution in [0.1, 0.15) is 37.4 Å². The zero-order valence-corrected chi connectivity index (χ0v) is 11.5. The molecular weight excluding hydrogens is 240 g/mol. The minimum Gasteiger partial charge on any atom is -0.250 e. The van der Waals surface area contributed by atoms with Gasteiger partial charge >= 0.3 is 0 Å². The Bertz CT molecular complexity index is 601. The molecule has 0 radical (unpaired) electrons. The lowest BCUT2D eigenvalue weighted by atomic mass is 9.48. The molecule has 1 saturated carbocycles. The van der Waals surface area contributed by atoms with Crippen LogP contribution in [0.3, 0.4) is 0 Å². The fourth-order valence-electron chi connectivity index (χ4n) is 3.59. The molecule has 0 aliphatic heterocycles. The highest BCUT2D eigenvalue weighted by molar-refractivity contribution is 7.13. The van der Waals surface area contributed by atoms with Crippen molar-refractivity contribution >= 4 is 11.3 Å².